The van der Waals surface area contributed by atoms with E-state index in [1.54, 1.807) is 12.1 Å². The largest absolute Gasteiger partial charge is 0.507 e. The quantitative estimate of drug-likeness (QED) is 0.462. The Kier molecular flexibility index (Phi) is 3.53. The molecule has 1 N–H and O–H groups in total. The van der Waals surface area contributed by atoms with E-state index in [4.69, 9.17) is 0 Å². The number of alkyl halides is 1. The monoisotopic (exact) mass is 238 g/mol. The van der Waals surface area contributed by atoms with Crippen LogP contribution in [0.2, 0.25) is 0 Å². The Hall–Kier alpha value is -1.27. The molecule has 0 saturated heterocycles. The molecule has 0 aliphatic carbocycles. The van der Waals surface area contributed by atoms with Crippen LogP contribution in [0.25, 0.3) is 0 Å². The number of carbonyl (C=O) groups is 1. The summed E-state index contributed by atoms with van der Waals surface area (Å²) >= 11 is 3.16. The van der Waals surface area contributed by atoms with E-state index >= 15 is 0 Å². The van der Waals surface area contributed by atoms with Gasteiger partial charge in [-0.25, -0.2) is 0 Å². The Morgan fingerprint density at radius 3 is 2.85 bits per heavy atom. The number of rotatable bonds is 1. The third-order valence-electron chi connectivity index (χ3n) is 1.46. The molecule has 0 radical (unpaired) electrons. The summed E-state index contributed by atoms with van der Waals surface area (Å²) in [6, 6.07) is 4.71. The van der Waals surface area contributed by atoms with E-state index in [0.29, 0.717) is 17.2 Å². The first kappa shape index (κ1) is 9.82. The highest BCUT2D eigenvalue weighted by Gasteiger charge is 1.98. The molecule has 0 aliphatic heterocycles. The van der Waals surface area contributed by atoms with Gasteiger partial charge in [-0.3, -0.25) is 4.79 Å². The first-order chi connectivity index (χ1) is 6.27. The zero-order valence-corrected chi connectivity index (χ0v) is 8.34. The van der Waals surface area contributed by atoms with Gasteiger partial charge in [0.25, 0.3) is 0 Å². The summed E-state index contributed by atoms with van der Waals surface area (Å²) in [5.41, 5.74) is 0.979. The van der Waals surface area contributed by atoms with Gasteiger partial charge in [0.05, 0.1) is 10.9 Å². The summed E-state index contributed by atoms with van der Waals surface area (Å²) in [7, 11) is 0. The van der Waals surface area contributed by atoms with Gasteiger partial charge in [0.1, 0.15) is 5.75 Å². The maximum Gasteiger partial charge on any atom is 0.153 e. The number of hydrogen-bond donors (Lipinski definition) is 1. The van der Waals surface area contributed by atoms with Crippen molar-refractivity contribution in [2.24, 2.45) is 0 Å². The molecule has 0 atom stereocenters. The maximum absolute atomic E-state index is 10.3. The molecule has 0 aromatic heterocycles. The van der Waals surface area contributed by atoms with Crippen LogP contribution in [-0.4, -0.2) is 16.7 Å². The van der Waals surface area contributed by atoms with E-state index in [9.17, 15) is 9.90 Å². The zero-order valence-electron chi connectivity index (χ0n) is 6.75. The van der Waals surface area contributed by atoms with Crippen LogP contribution >= 0.6 is 15.9 Å². The summed E-state index contributed by atoms with van der Waals surface area (Å²) < 4.78 is 0. The van der Waals surface area contributed by atoms with Crippen molar-refractivity contribution in [1.82, 2.24) is 0 Å². The molecule has 0 unspecified atom stereocenters. The lowest BCUT2D eigenvalue weighted by molar-refractivity contribution is 0.112. The molecular formula is C10H7BrO2. The van der Waals surface area contributed by atoms with E-state index in [1.807, 2.05) is 0 Å². The number of phenols is 1. The van der Waals surface area contributed by atoms with Gasteiger partial charge < -0.3 is 5.11 Å². The van der Waals surface area contributed by atoms with Crippen LogP contribution in [0.1, 0.15) is 15.9 Å². The van der Waals surface area contributed by atoms with Crippen LogP contribution in [0.5, 0.6) is 5.75 Å². The minimum atomic E-state index is -0.0311. The first-order valence-corrected chi connectivity index (χ1v) is 4.73. The molecule has 2 nitrogen and oxygen atoms in total. The predicted molar refractivity (Wildman–Crippen MR) is 54.2 cm³/mol. The molecule has 0 fully saturated rings. The molecule has 0 aliphatic rings. The minimum absolute atomic E-state index is 0.0311. The van der Waals surface area contributed by atoms with Gasteiger partial charge in [-0.15, -0.1) is 0 Å². The van der Waals surface area contributed by atoms with Gasteiger partial charge in [-0.1, -0.05) is 27.8 Å². The second-order valence-electron chi connectivity index (χ2n) is 2.33. The second-order valence-corrected chi connectivity index (χ2v) is 2.89. The Morgan fingerprint density at radius 2 is 2.31 bits per heavy atom. The molecule has 1 aromatic carbocycles. The normalized spacial score (nSPS) is 8.69. The van der Waals surface area contributed by atoms with Crippen molar-refractivity contribution in [1.29, 1.82) is 0 Å². The van der Waals surface area contributed by atoms with Crippen molar-refractivity contribution in [2.45, 2.75) is 0 Å². The molecule has 13 heavy (non-hydrogen) atoms. The lowest BCUT2D eigenvalue weighted by Crippen LogP contribution is -1.82. The highest BCUT2D eigenvalue weighted by Crippen LogP contribution is 2.15. The maximum atomic E-state index is 10.3. The average molecular weight is 239 g/mol. The van der Waals surface area contributed by atoms with Crippen molar-refractivity contribution >= 4 is 22.2 Å². The van der Waals surface area contributed by atoms with Crippen LogP contribution in [0.15, 0.2) is 18.2 Å². The predicted octanol–water partition coefficient (Wildman–Crippen LogP) is 1.95. The fraction of sp³-hybridized carbons (Fsp3) is 0.100. The van der Waals surface area contributed by atoms with Gasteiger partial charge >= 0.3 is 0 Å². The molecule has 0 amide bonds. The van der Waals surface area contributed by atoms with Crippen molar-refractivity contribution in [2.75, 3.05) is 5.33 Å². The first-order valence-electron chi connectivity index (χ1n) is 3.61. The number of hydrogen-bond acceptors (Lipinski definition) is 2. The Balaban J connectivity index is 3.02. The molecule has 1 rings (SSSR count). The standard InChI is InChI=1S/C10H7BrO2/c11-5-1-2-8-3-4-9(7-12)10(13)6-8/h3-4,6-7,13H,5H2. The van der Waals surface area contributed by atoms with Gasteiger partial charge in [0.15, 0.2) is 6.29 Å². The molecule has 0 spiro atoms. The fourth-order valence-electron chi connectivity index (χ4n) is 0.857. The van der Waals surface area contributed by atoms with Crippen LogP contribution in [0.3, 0.4) is 0 Å². The van der Waals surface area contributed by atoms with Gasteiger partial charge in [-0.05, 0) is 18.2 Å². The topological polar surface area (TPSA) is 37.3 Å². The van der Waals surface area contributed by atoms with Crippen molar-refractivity contribution in [3.8, 4) is 17.6 Å². The molecule has 0 heterocycles. The third-order valence-corrected chi connectivity index (χ3v) is 1.74. The second kappa shape index (κ2) is 4.68. The Labute approximate surface area is 84.7 Å². The molecular weight excluding hydrogens is 232 g/mol. The molecule has 3 heteroatoms. The number of benzene rings is 1. The Morgan fingerprint density at radius 1 is 1.54 bits per heavy atom. The Bertz CT molecular complexity index is 374. The highest BCUT2D eigenvalue weighted by atomic mass is 79.9. The molecule has 0 bridgehead atoms. The van der Waals surface area contributed by atoms with E-state index in [2.05, 4.69) is 27.8 Å². The lowest BCUT2D eigenvalue weighted by Gasteiger charge is -1.96. The van der Waals surface area contributed by atoms with Crippen molar-refractivity contribution in [3.63, 3.8) is 0 Å². The third kappa shape index (κ3) is 2.60. The fourth-order valence-corrected chi connectivity index (χ4v) is 0.997. The van der Waals surface area contributed by atoms with Crippen LogP contribution in [0, 0.1) is 11.8 Å². The number of aromatic hydroxyl groups is 1. The minimum Gasteiger partial charge on any atom is -0.507 e. The molecule has 1 aromatic rings. The zero-order chi connectivity index (χ0) is 9.68. The number of phenolic OH excluding ortho intramolecular Hbond substituents is 1. The van der Waals surface area contributed by atoms with E-state index in [1.165, 1.54) is 6.07 Å². The van der Waals surface area contributed by atoms with Crippen molar-refractivity contribution < 1.29 is 9.90 Å². The summed E-state index contributed by atoms with van der Waals surface area (Å²) in [5.74, 6) is 5.58. The summed E-state index contributed by atoms with van der Waals surface area (Å²) in [6.07, 6.45) is 0.608. The SMILES string of the molecule is O=Cc1ccc(C#CCBr)cc1O. The smallest absolute Gasteiger partial charge is 0.153 e. The number of halogens is 1. The van der Waals surface area contributed by atoms with Gasteiger partial charge in [-0.2, -0.15) is 0 Å². The average Bonchev–Trinajstić information content (AvgIpc) is 2.15. The molecule has 66 valence electrons. The van der Waals surface area contributed by atoms with E-state index in [-0.39, 0.29) is 11.3 Å². The summed E-state index contributed by atoms with van der Waals surface area (Å²) in [5, 5.41) is 9.87. The molecule has 0 saturated carbocycles. The summed E-state index contributed by atoms with van der Waals surface area (Å²) in [6.45, 7) is 0. The van der Waals surface area contributed by atoms with Crippen LogP contribution < -0.4 is 0 Å². The van der Waals surface area contributed by atoms with E-state index < -0.39 is 0 Å². The van der Waals surface area contributed by atoms with Crippen LogP contribution in [0.4, 0.5) is 0 Å². The van der Waals surface area contributed by atoms with Gasteiger partial charge in [0, 0.05) is 5.56 Å². The highest BCUT2D eigenvalue weighted by molar-refractivity contribution is 9.09. The van der Waals surface area contributed by atoms with E-state index in [0.717, 1.165) is 0 Å². The lowest BCUT2D eigenvalue weighted by atomic mass is 10.1. The summed E-state index contributed by atoms with van der Waals surface area (Å²) in [4.78, 5) is 10.3. The van der Waals surface area contributed by atoms with Crippen LogP contribution in [-0.2, 0) is 0 Å². The number of aldehydes is 1. The van der Waals surface area contributed by atoms with Gasteiger partial charge in [0.2, 0.25) is 0 Å². The number of carbonyl (C=O) groups excluding carboxylic acids is 1. The van der Waals surface area contributed by atoms with Crippen molar-refractivity contribution in [3.05, 3.63) is 29.3 Å².